The van der Waals surface area contributed by atoms with Gasteiger partial charge in [-0.1, -0.05) is 30.5 Å². The lowest BCUT2D eigenvalue weighted by atomic mass is 10.1. The van der Waals surface area contributed by atoms with Crippen LogP contribution in [0.4, 0.5) is 0 Å². The minimum atomic E-state index is -3.72. The smallest absolute Gasteiger partial charge is 0.307 e. The van der Waals surface area contributed by atoms with Gasteiger partial charge in [-0.05, 0) is 44.7 Å². The van der Waals surface area contributed by atoms with Gasteiger partial charge in [0.15, 0.2) is 6.61 Å². The first-order valence-electron chi connectivity index (χ1n) is 9.21. The number of amides is 1. The van der Waals surface area contributed by atoms with E-state index in [2.05, 4.69) is 10.0 Å². The van der Waals surface area contributed by atoms with Crippen LogP contribution >= 0.6 is 0 Å². The second kappa shape index (κ2) is 9.32. The largest absolute Gasteiger partial charge is 0.456 e. The summed E-state index contributed by atoms with van der Waals surface area (Å²) >= 11 is 0. The molecule has 0 heterocycles. The van der Waals surface area contributed by atoms with Gasteiger partial charge < -0.3 is 10.1 Å². The van der Waals surface area contributed by atoms with Crippen LogP contribution in [0.3, 0.4) is 0 Å². The SMILES string of the molecule is Cc1cc(C)c(S(=O)(=O)NCCC(=O)OCC(=O)NC2CCCC2)c(C)c1. The minimum Gasteiger partial charge on any atom is -0.456 e. The molecule has 0 unspecified atom stereocenters. The van der Waals surface area contributed by atoms with E-state index in [0.29, 0.717) is 11.1 Å². The molecular weight excluding hydrogens is 368 g/mol. The molecule has 1 aliphatic carbocycles. The van der Waals surface area contributed by atoms with Gasteiger partial charge in [0.25, 0.3) is 5.91 Å². The predicted molar refractivity (Wildman–Crippen MR) is 102 cm³/mol. The average molecular weight is 397 g/mol. The lowest BCUT2D eigenvalue weighted by molar-refractivity contribution is -0.148. The first-order valence-corrected chi connectivity index (χ1v) is 10.7. The van der Waals surface area contributed by atoms with Crippen LogP contribution in [0.25, 0.3) is 0 Å². The quantitative estimate of drug-likeness (QED) is 0.654. The summed E-state index contributed by atoms with van der Waals surface area (Å²) < 4.78 is 32.3. The molecule has 0 bridgehead atoms. The molecule has 0 radical (unpaired) electrons. The van der Waals surface area contributed by atoms with E-state index in [1.54, 1.807) is 26.0 Å². The Morgan fingerprint density at radius 3 is 2.30 bits per heavy atom. The fourth-order valence-corrected chi connectivity index (χ4v) is 4.99. The molecule has 1 amide bonds. The molecule has 1 aromatic carbocycles. The molecule has 7 nitrogen and oxygen atoms in total. The van der Waals surface area contributed by atoms with Crippen LogP contribution in [0.5, 0.6) is 0 Å². The molecule has 150 valence electrons. The third kappa shape index (κ3) is 6.32. The summed E-state index contributed by atoms with van der Waals surface area (Å²) in [7, 11) is -3.72. The normalized spacial score (nSPS) is 14.9. The number of ether oxygens (including phenoxy) is 1. The van der Waals surface area contributed by atoms with Crippen molar-refractivity contribution in [1.82, 2.24) is 10.0 Å². The Balaban J connectivity index is 1.77. The van der Waals surface area contributed by atoms with E-state index >= 15 is 0 Å². The maximum Gasteiger partial charge on any atom is 0.307 e. The standard InChI is InChI=1S/C19H28N2O5S/c1-13-10-14(2)19(15(3)11-13)27(24,25)20-9-8-18(23)26-12-17(22)21-16-6-4-5-7-16/h10-11,16,20H,4-9,12H2,1-3H3,(H,21,22). The molecule has 8 heteroatoms. The molecule has 0 atom stereocenters. The Morgan fingerprint density at radius 2 is 1.70 bits per heavy atom. The fourth-order valence-electron chi connectivity index (χ4n) is 3.51. The van der Waals surface area contributed by atoms with Crippen molar-refractivity contribution in [2.24, 2.45) is 0 Å². The van der Waals surface area contributed by atoms with E-state index in [9.17, 15) is 18.0 Å². The minimum absolute atomic E-state index is 0.0852. The third-order valence-corrected chi connectivity index (χ3v) is 6.34. The lowest BCUT2D eigenvalue weighted by Gasteiger charge is -2.13. The van der Waals surface area contributed by atoms with Crippen LogP contribution in [-0.4, -0.2) is 39.5 Å². The molecule has 0 aromatic heterocycles. The topological polar surface area (TPSA) is 102 Å². The molecule has 2 rings (SSSR count). The summed E-state index contributed by atoms with van der Waals surface area (Å²) in [6.45, 7) is 4.97. The van der Waals surface area contributed by atoms with Crippen LogP contribution < -0.4 is 10.0 Å². The van der Waals surface area contributed by atoms with Crippen molar-refractivity contribution >= 4 is 21.9 Å². The predicted octanol–water partition coefficient (Wildman–Crippen LogP) is 1.88. The molecule has 1 fully saturated rings. The van der Waals surface area contributed by atoms with Crippen molar-refractivity contribution in [2.75, 3.05) is 13.2 Å². The fraction of sp³-hybridized carbons (Fsp3) is 0.579. The Kier molecular flexibility index (Phi) is 7.38. The molecule has 0 saturated heterocycles. The van der Waals surface area contributed by atoms with Crippen LogP contribution in [0, 0.1) is 20.8 Å². The van der Waals surface area contributed by atoms with Crippen LogP contribution in [-0.2, 0) is 24.3 Å². The maximum absolute atomic E-state index is 12.5. The zero-order valence-electron chi connectivity index (χ0n) is 16.1. The molecule has 1 saturated carbocycles. The summed E-state index contributed by atoms with van der Waals surface area (Å²) in [5.41, 5.74) is 2.31. The lowest BCUT2D eigenvalue weighted by Crippen LogP contribution is -2.36. The average Bonchev–Trinajstić information content (AvgIpc) is 3.04. The molecular formula is C19H28N2O5S. The summed E-state index contributed by atoms with van der Waals surface area (Å²) in [6, 6.07) is 3.78. The van der Waals surface area contributed by atoms with Gasteiger partial charge in [-0.25, -0.2) is 13.1 Å². The highest BCUT2D eigenvalue weighted by Gasteiger charge is 2.21. The number of aryl methyl sites for hydroxylation is 3. The van der Waals surface area contributed by atoms with Crippen molar-refractivity contribution in [3.05, 3.63) is 28.8 Å². The number of nitrogens with one attached hydrogen (secondary N) is 2. The summed E-state index contributed by atoms with van der Waals surface area (Å²) in [5, 5.41) is 2.83. The number of benzene rings is 1. The monoisotopic (exact) mass is 396 g/mol. The third-order valence-electron chi connectivity index (χ3n) is 4.58. The van der Waals surface area contributed by atoms with Gasteiger partial charge in [0.2, 0.25) is 10.0 Å². The van der Waals surface area contributed by atoms with E-state index in [0.717, 1.165) is 31.2 Å². The molecule has 0 spiro atoms. The number of hydrogen-bond donors (Lipinski definition) is 2. The van der Waals surface area contributed by atoms with Gasteiger partial charge in [-0.2, -0.15) is 0 Å². The van der Waals surface area contributed by atoms with Gasteiger partial charge in [0.05, 0.1) is 11.3 Å². The summed E-state index contributed by atoms with van der Waals surface area (Å²) in [4.78, 5) is 23.7. The molecule has 1 aromatic rings. The number of sulfonamides is 1. The second-order valence-electron chi connectivity index (χ2n) is 7.09. The highest BCUT2D eigenvalue weighted by atomic mass is 32.2. The first kappa shape index (κ1) is 21.4. The van der Waals surface area contributed by atoms with Gasteiger partial charge in [0, 0.05) is 12.6 Å². The Hall–Kier alpha value is -1.93. The summed E-state index contributed by atoms with van der Waals surface area (Å²) in [5.74, 6) is -0.932. The molecule has 27 heavy (non-hydrogen) atoms. The van der Waals surface area contributed by atoms with E-state index in [4.69, 9.17) is 4.74 Å². The molecule has 1 aliphatic rings. The van der Waals surface area contributed by atoms with Gasteiger partial charge in [-0.3, -0.25) is 9.59 Å². The summed E-state index contributed by atoms with van der Waals surface area (Å²) in [6.07, 6.45) is 3.98. The van der Waals surface area contributed by atoms with Gasteiger partial charge in [-0.15, -0.1) is 0 Å². The van der Waals surface area contributed by atoms with Gasteiger partial charge in [0.1, 0.15) is 0 Å². The second-order valence-corrected chi connectivity index (χ2v) is 8.79. The number of hydrogen-bond acceptors (Lipinski definition) is 5. The van der Waals surface area contributed by atoms with Crippen molar-refractivity contribution in [3.63, 3.8) is 0 Å². The number of esters is 1. The van der Waals surface area contributed by atoms with Crippen LogP contribution in [0.1, 0.15) is 48.8 Å². The van der Waals surface area contributed by atoms with E-state index < -0.39 is 16.0 Å². The zero-order valence-corrected chi connectivity index (χ0v) is 16.9. The maximum atomic E-state index is 12.5. The van der Waals surface area contributed by atoms with Crippen LogP contribution in [0.15, 0.2) is 17.0 Å². The number of rotatable bonds is 8. The van der Waals surface area contributed by atoms with Crippen molar-refractivity contribution in [1.29, 1.82) is 0 Å². The Labute approximate surface area is 160 Å². The first-order chi connectivity index (χ1) is 12.7. The molecule has 2 N–H and O–H groups in total. The highest BCUT2D eigenvalue weighted by Crippen LogP contribution is 2.21. The van der Waals surface area contributed by atoms with E-state index in [-0.39, 0.29) is 36.4 Å². The van der Waals surface area contributed by atoms with Crippen molar-refractivity contribution in [3.8, 4) is 0 Å². The highest BCUT2D eigenvalue weighted by molar-refractivity contribution is 7.89. The zero-order chi connectivity index (χ0) is 20.0. The Bertz CT molecular complexity index is 775. The van der Waals surface area contributed by atoms with E-state index in [1.165, 1.54) is 0 Å². The molecule has 0 aliphatic heterocycles. The Morgan fingerprint density at radius 1 is 1.11 bits per heavy atom. The number of carbonyl (C=O) groups is 2. The van der Waals surface area contributed by atoms with E-state index in [1.807, 2.05) is 6.92 Å². The number of carbonyl (C=O) groups excluding carboxylic acids is 2. The van der Waals surface area contributed by atoms with Crippen molar-refractivity contribution in [2.45, 2.75) is 63.8 Å². The van der Waals surface area contributed by atoms with Gasteiger partial charge >= 0.3 is 5.97 Å². The van der Waals surface area contributed by atoms with Crippen LogP contribution in [0.2, 0.25) is 0 Å². The van der Waals surface area contributed by atoms with Crippen molar-refractivity contribution < 1.29 is 22.7 Å².